The van der Waals surface area contributed by atoms with Crippen LogP contribution in [0, 0.1) is 11.8 Å². The van der Waals surface area contributed by atoms with Gasteiger partial charge in [-0.15, -0.1) is 0 Å². The molecule has 3 aliphatic rings. The predicted octanol–water partition coefficient (Wildman–Crippen LogP) is 2.45. The Labute approximate surface area is 146 Å². The number of aliphatic hydroxyl groups excluding tert-OH is 1. The molecule has 1 aromatic carbocycles. The van der Waals surface area contributed by atoms with Gasteiger partial charge in [0.15, 0.2) is 0 Å². The lowest BCUT2D eigenvalue weighted by molar-refractivity contribution is -0.110. The van der Waals surface area contributed by atoms with Crippen LogP contribution in [-0.2, 0) is 17.9 Å². The first-order chi connectivity index (χ1) is 12.2. The van der Waals surface area contributed by atoms with Crippen LogP contribution >= 0.6 is 0 Å². The van der Waals surface area contributed by atoms with E-state index in [1.54, 1.807) is 0 Å². The summed E-state index contributed by atoms with van der Waals surface area (Å²) in [6, 6.07) is 7.68. The zero-order valence-corrected chi connectivity index (χ0v) is 14.0. The molecule has 5 rings (SSSR count). The molecule has 1 aliphatic carbocycles. The first-order valence-electron chi connectivity index (χ1n) is 8.86. The number of piperidine rings is 1. The highest BCUT2D eigenvalue weighted by atomic mass is 16.3. The maximum Gasteiger partial charge on any atom is 0.256 e. The summed E-state index contributed by atoms with van der Waals surface area (Å²) in [4.78, 5) is 18.1. The second-order valence-electron chi connectivity index (χ2n) is 7.46. The third kappa shape index (κ3) is 2.69. The SMILES string of the molecule is O=C1Nc2ccc(CO)cc2/C1=C/c1c[nH]c(CN2C[C@H]3C[C@H]3C2)c1. The Kier molecular flexibility index (Phi) is 3.33. The van der Waals surface area contributed by atoms with E-state index in [4.69, 9.17) is 0 Å². The number of aromatic amines is 1. The van der Waals surface area contributed by atoms with Crippen molar-refractivity contribution in [3.8, 4) is 0 Å². The molecule has 3 N–H and O–H groups in total. The molecule has 1 saturated heterocycles. The highest BCUT2D eigenvalue weighted by molar-refractivity contribution is 6.34. The van der Waals surface area contributed by atoms with Crippen LogP contribution < -0.4 is 5.32 Å². The van der Waals surface area contributed by atoms with Crippen LogP contribution in [0.5, 0.6) is 0 Å². The largest absolute Gasteiger partial charge is 0.392 e. The van der Waals surface area contributed by atoms with E-state index in [9.17, 15) is 9.90 Å². The van der Waals surface area contributed by atoms with Crippen molar-refractivity contribution in [2.24, 2.45) is 11.8 Å². The van der Waals surface area contributed by atoms with Gasteiger partial charge in [-0.25, -0.2) is 0 Å². The fourth-order valence-corrected chi connectivity index (χ4v) is 4.14. The number of nitrogens with one attached hydrogen (secondary N) is 2. The van der Waals surface area contributed by atoms with E-state index in [2.05, 4.69) is 21.3 Å². The second kappa shape index (κ2) is 5.58. The quantitative estimate of drug-likeness (QED) is 0.752. The Bertz CT molecular complexity index is 873. The molecule has 3 heterocycles. The van der Waals surface area contributed by atoms with Gasteiger partial charge in [-0.2, -0.15) is 0 Å². The second-order valence-corrected chi connectivity index (χ2v) is 7.46. The van der Waals surface area contributed by atoms with Gasteiger partial charge in [0, 0.05) is 48.3 Å². The highest BCUT2D eigenvalue weighted by Gasteiger charge is 2.44. The summed E-state index contributed by atoms with van der Waals surface area (Å²) in [6.07, 6.45) is 5.30. The molecule has 1 saturated carbocycles. The highest BCUT2D eigenvalue weighted by Crippen LogP contribution is 2.45. The summed E-state index contributed by atoms with van der Waals surface area (Å²) in [6.45, 7) is 3.37. The molecule has 128 valence electrons. The number of benzene rings is 1. The number of H-pyrrole nitrogens is 1. The van der Waals surface area contributed by atoms with Crippen molar-refractivity contribution in [2.75, 3.05) is 18.4 Å². The van der Waals surface area contributed by atoms with Crippen molar-refractivity contribution in [3.63, 3.8) is 0 Å². The Balaban J connectivity index is 1.38. The van der Waals surface area contributed by atoms with Crippen molar-refractivity contribution in [2.45, 2.75) is 19.6 Å². The van der Waals surface area contributed by atoms with E-state index >= 15 is 0 Å². The molecule has 0 spiro atoms. The number of aliphatic hydroxyl groups is 1. The number of fused-ring (bicyclic) bond motifs is 2. The minimum atomic E-state index is -0.0903. The lowest BCUT2D eigenvalue weighted by Crippen LogP contribution is -2.22. The molecule has 5 nitrogen and oxygen atoms in total. The summed E-state index contributed by atoms with van der Waals surface area (Å²) in [7, 11) is 0. The average molecular weight is 335 g/mol. The number of hydrogen-bond acceptors (Lipinski definition) is 3. The first kappa shape index (κ1) is 14.9. The van der Waals surface area contributed by atoms with Gasteiger partial charge in [-0.05, 0) is 53.7 Å². The smallest absolute Gasteiger partial charge is 0.256 e. The van der Waals surface area contributed by atoms with Crippen molar-refractivity contribution in [1.82, 2.24) is 9.88 Å². The molecule has 1 aromatic heterocycles. The fourth-order valence-electron chi connectivity index (χ4n) is 4.14. The van der Waals surface area contributed by atoms with Gasteiger partial charge in [-0.3, -0.25) is 9.69 Å². The van der Waals surface area contributed by atoms with E-state index in [-0.39, 0.29) is 12.5 Å². The van der Waals surface area contributed by atoms with Crippen LogP contribution in [0.1, 0.15) is 28.8 Å². The van der Waals surface area contributed by atoms with E-state index in [0.29, 0.717) is 5.57 Å². The molecule has 2 fully saturated rings. The van der Waals surface area contributed by atoms with Crippen molar-refractivity contribution < 1.29 is 9.90 Å². The standard InChI is InChI=1S/C20H21N3O2/c24-11-12-1-2-19-17(4-12)18(20(25)22-19)5-13-3-16(21-7-13)10-23-8-14-6-15(14)9-23/h1-5,7,14-15,21,24H,6,8-11H2,(H,22,25)/b18-5-/t14-,15+. The van der Waals surface area contributed by atoms with Crippen LogP contribution in [0.3, 0.4) is 0 Å². The zero-order chi connectivity index (χ0) is 17.0. The number of likely N-dealkylation sites (tertiary alicyclic amines) is 1. The number of carbonyl (C=O) groups is 1. The molecule has 0 bridgehead atoms. The normalized spacial score (nSPS) is 26.0. The fraction of sp³-hybridized carbons (Fsp3) is 0.350. The number of rotatable bonds is 4. The van der Waals surface area contributed by atoms with Gasteiger partial charge in [0.05, 0.1) is 6.61 Å². The Morgan fingerprint density at radius 3 is 2.88 bits per heavy atom. The summed E-state index contributed by atoms with van der Waals surface area (Å²) in [5.74, 6) is 1.79. The lowest BCUT2D eigenvalue weighted by atomic mass is 10.0. The average Bonchev–Trinajstić information content (AvgIpc) is 2.95. The van der Waals surface area contributed by atoms with E-state index in [1.165, 1.54) is 25.2 Å². The predicted molar refractivity (Wildman–Crippen MR) is 96.5 cm³/mol. The van der Waals surface area contributed by atoms with Crippen LogP contribution in [0.25, 0.3) is 11.6 Å². The molecule has 25 heavy (non-hydrogen) atoms. The monoisotopic (exact) mass is 335 g/mol. The van der Waals surface area contributed by atoms with E-state index < -0.39 is 0 Å². The molecule has 0 radical (unpaired) electrons. The maximum absolute atomic E-state index is 12.3. The number of aromatic nitrogens is 1. The third-order valence-corrected chi connectivity index (χ3v) is 5.57. The Hall–Kier alpha value is -2.37. The van der Waals surface area contributed by atoms with Crippen molar-refractivity contribution in [3.05, 3.63) is 52.8 Å². The maximum atomic E-state index is 12.3. The summed E-state index contributed by atoms with van der Waals surface area (Å²) >= 11 is 0. The minimum absolute atomic E-state index is 0.0269. The molecule has 1 amide bonds. The van der Waals surface area contributed by atoms with Gasteiger partial charge < -0.3 is 15.4 Å². The lowest BCUT2D eigenvalue weighted by Gasteiger charge is -2.15. The van der Waals surface area contributed by atoms with Crippen LogP contribution in [0.15, 0.2) is 30.5 Å². The van der Waals surface area contributed by atoms with E-state index in [1.807, 2.05) is 30.5 Å². The van der Waals surface area contributed by atoms with Gasteiger partial charge in [0.2, 0.25) is 0 Å². The van der Waals surface area contributed by atoms with Gasteiger partial charge in [0.25, 0.3) is 5.91 Å². The first-order valence-corrected chi connectivity index (χ1v) is 8.86. The number of carbonyl (C=O) groups excluding carboxylic acids is 1. The topological polar surface area (TPSA) is 68.4 Å². The number of anilines is 1. The van der Waals surface area contributed by atoms with Gasteiger partial charge >= 0.3 is 0 Å². The molecule has 5 heteroatoms. The third-order valence-electron chi connectivity index (χ3n) is 5.57. The van der Waals surface area contributed by atoms with Crippen LogP contribution in [0.2, 0.25) is 0 Å². The molecule has 0 unspecified atom stereocenters. The molecule has 2 atom stereocenters. The minimum Gasteiger partial charge on any atom is -0.392 e. The molecular weight excluding hydrogens is 314 g/mol. The molecule has 2 aliphatic heterocycles. The number of hydrogen-bond donors (Lipinski definition) is 3. The molecular formula is C20H21N3O2. The van der Waals surface area contributed by atoms with Gasteiger partial charge in [-0.1, -0.05) is 6.07 Å². The van der Waals surface area contributed by atoms with E-state index in [0.717, 1.165) is 40.8 Å². The van der Waals surface area contributed by atoms with Crippen LogP contribution in [-0.4, -0.2) is 34.0 Å². The Morgan fingerprint density at radius 1 is 1.24 bits per heavy atom. The van der Waals surface area contributed by atoms with Crippen LogP contribution in [0.4, 0.5) is 5.69 Å². The van der Waals surface area contributed by atoms with Gasteiger partial charge in [0.1, 0.15) is 0 Å². The summed E-state index contributed by atoms with van der Waals surface area (Å²) in [5.41, 5.74) is 5.32. The zero-order valence-electron chi connectivity index (χ0n) is 14.0. The summed E-state index contributed by atoms with van der Waals surface area (Å²) in [5, 5.41) is 12.2. The Morgan fingerprint density at radius 2 is 2.08 bits per heavy atom. The van der Waals surface area contributed by atoms with Crippen molar-refractivity contribution >= 4 is 23.2 Å². The van der Waals surface area contributed by atoms with Crippen molar-refractivity contribution in [1.29, 1.82) is 0 Å². The number of amides is 1. The number of nitrogens with zero attached hydrogens (tertiary/aromatic N) is 1. The molecule has 2 aromatic rings. The summed E-state index contributed by atoms with van der Waals surface area (Å²) < 4.78 is 0.